The van der Waals surface area contributed by atoms with Gasteiger partial charge < -0.3 is 14.8 Å². The van der Waals surface area contributed by atoms with E-state index in [1.54, 1.807) is 0 Å². The second kappa shape index (κ2) is 4.47. The van der Waals surface area contributed by atoms with Crippen LogP contribution in [-0.2, 0) is 0 Å². The number of aliphatic hydroxyl groups is 1. The number of rotatable bonds is 3. The highest BCUT2D eigenvalue weighted by Crippen LogP contribution is 2.31. The Morgan fingerprint density at radius 2 is 2.16 bits per heavy atom. The summed E-state index contributed by atoms with van der Waals surface area (Å²) in [6.45, 7) is 4.38. The molecule has 0 amide bonds. The van der Waals surface area contributed by atoms with E-state index in [1.807, 2.05) is 19.9 Å². The molecule has 6 heteroatoms. The molecule has 0 fully saturated rings. The third-order valence-corrected chi connectivity index (χ3v) is 2.96. The van der Waals surface area contributed by atoms with Gasteiger partial charge in [-0.2, -0.15) is 0 Å². The topological polar surface area (TPSA) is 84.1 Å². The summed E-state index contributed by atoms with van der Waals surface area (Å²) >= 11 is 0. The number of fused-ring (bicyclic) bond motifs is 3. The quantitative estimate of drug-likeness (QED) is 0.745. The molecule has 0 unspecified atom stereocenters. The number of anilines is 1. The smallest absolute Gasteiger partial charge is 0.229 e. The first kappa shape index (κ1) is 11.9. The van der Waals surface area contributed by atoms with Crippen molar-refractivity contribution in [3.63, 3.8) is 0 Å². The molecule has 0 saturated heterocycles. The Morgan fingerprint density at radius 1 is 1.32 bits per heavy atom. The molecule has 3 aromatic heterocycles. The first-order chi connectivity index (χ1) is 9.20. The summed E-state index contributed by atoms with van der Waals surface area (Å²) in [5.74, 6) is 0.578. The zero-order chi connectivity index (χ0) is 13.4. The van der Waals surface area contributed by atoms with E-state index in [0.717, 1.165) is 22.2 Å². The molecule has 0 bridgehead atoms. The fourth-order valence-corrected chi connectivity index (χ4v) is 2.21. The SMILES string of the molecule is Cc1cc(C)c2c(n1)oc1c(NCCO)ncnc12. The number of aromatic nitrogens is 3. The maximum Gasteiger partial charge on any atom is 0.229 e. The van der Waals surface area contributed by atoms with Gasteiger partial charge in [0.25, 0.3) is 0 Å². The number of nitrogens with zero attached hydrogens (tertiary/aromatic N) is 3. The first-order valence-corrected chi connectivity index (χ1v) is 6.07. The average molecular weight is 258 g/mol. The van der Waals surface area contributed by atoms with E-state index in [1.165, 1.54) is 6.33 Å². The van der Waals surface area contributed by atoms with Crippen LogP contribution in [0, 0.1) is 13.8 Å². The minimum Gasteiger partial charge on any atom is -0.432 e. The van der Waals surface area contributed by atoms with Gasteiger partial charge in [0.2, 0.25) is 5.71 Å². The summed E-state index contributed by atoms with van der Waals surface area (Å²) in [4.78, 5) is 12.8. The van der Waals surface area contributed by atoms with Gasteiger partial charge >= 0.3 is 0 Å². The molecule has 0 saturated carbocycles. The zero-order valence-corrected chi connectivity index (χ0v) is 10.8. The Kier molecular flexibility index (Phi) is 2.79. The van der Waals surface area contributed by atoms with E-state index < -0.39 is 0 Å². The van der Waals surface area contributed by atoms with Crippen LogP contribution in [-0.4, -0.2) is 33.2 Å². The van der Waals surface area contributed by atoms with Gasteiger partial charge in [-0.3, -0.25) is 0 Å². The van der Waals surface area contributed by atoms with E-state index >= 15 is 0 Å². The van der Waals surface area contributed by atoms with Gasteiger partial charge in [0.05, 0.1) is 12.0 Å². The lowest BCUT2D eigenvalue weighted by molar-refractivity contribution is 0.311. The van der Waals surface area contributed by atoms with Gasteiger partial charge in [-0.05, 0) is 25.5 Å². The molecule has 0 radical (unpaired) electrons. The van der Waals surface area contributed by atoms with Crippen LogP contribution in [0.3, 0.4) is 0 Å². The third-order valence-electron chi connectivity index (χ3n) is 2.96. The van der Waals surface area contributed by atoms with E-state index in [0.29, 0.717) is 23.7 Å². The van der Waals surface area contributed by atoms with Gasteiger partial charge in [0, 0.05) is 12.2 Å². The van der Waals surface area contributed by atoms with E-state index in [4.69, 9.17) is 9.52 Å². The van der Waals surface area contributed by atoms with Crippen molar-refractivity contribution in [1.29, 1.82) is 0 Å². The standard InChI is InChI=1S/C13H14N4O2/c1-7-5-8(2)17-13-9(7)10-11(19-13)12(14-3-4-18)16-6-15-10/h5-6,18H,3-4H2,1-2H3,(H,14,15,16). The summed E-state index contributed by atoms with van der Waals surface area (Å²) in [5, 5.41) is 12.8. The summed E-state index contributed by atoms with van der Waals surface area (Å²) in [5.41, 5.74) is 3.87. The molecule has 0 aromatic carbocycles. The Bertz CT molecular complexity index is 751. The Hall–Kier alpha value is -2.21. The number of furan rings is 1. The fraction of sp³-hybridized carbons (Fsp3) is 0.308. The molecule has 0 aliphatic rings. The van der Waals surface area contributed by atoms with Gasteiger partial charge in [0.1, 0.15) is 11.8 Å². The predicted octanol–water partition coefficient (Wildman–Crippen LogP) is 1.79. The van der Waals surface area contributed by atoms with Crippen molar-refractivity contribution in [3.8, 4) is 0 Å². The molecule has 0 aliphatic heterocycles. The number of hydrogen-bond donors (Lipinski definition) is 2. The van der Waals surface area contributed by atoms with Gasteiger partial charge in [-0.15, -0.1) is 0 Å². The second-order valence-corrected chi connectivity index (χ2v) is 4.41. The zero-order valence-electron chi connectivity index (χ0n) is 10.8. The molecule has 0 aliphatic carbocycles. The normalized spacial score (nSPS) is 11.3. The number of pyridine rings is 1. The Morgan fingerprint density at radius 3 is 2.95 bits per heavy atom. The highest BCUT2D eigenvalue weighted by Gasteiger charge is 2.15. The lowest BCUT2D eigenvalue weighted by Gasteiger charge is -2.02. The minimum atomic E-state index is 0.0299. The monoisotopic (exact) mass is 258 g/mol. The molecule has 19 heavy (non-hydrogen) atoms. The maximum atomic E-state index is 8.87. The molecule has 0 spiro atoms. The molecular formula is C13H14N4O2. The van der Waals surface area contributed by atoms with Crippen LogP contribution in [0.5, 0.6) is 0 Å². The highest BCUT2D eigenvalue weighted by molar-refractivity contribution is 6.05. The highest BCUT2D eigenvalue weighted by atomic mass is 16.3. The average Bonchev–Trinajstić information content (AvgIpc) is 2.74. The summed E-state index contributed by atoms with van der Waals surface area (Å²) in [7, 11) is 0. The van der Waals surface area contributed by atoms with Crippen molar-refractivity contribution < 1.29 is 9.52 Å². The number of aryl methyl sites for hydroxylation is 2. The van der Waals surface area contributed by atoms with Crippen molar-refractivity contribution in [2.24, 2.45) is 0 Å². The van der Waals surface area contributed by atoms with Crippen LogP contribution in [0.1, 0.15) is 11.3 Å². The molecule has 98 valence electrons. The van der Waals surface area contributed by atoms with E-state index in [9.17, 15) is 0 Å². The predicted molar refractivity (Wildman–Crippen MR) is 72.2 cm³/mol. The summed E-state index contributed by atoms with van der Waals surface area (Å²) in [6.07, 6.45) is 1.48. The lowest BCUT2D eigenvalue weighted by Crippen LogP contribution is -2.07. The van der Waals surface area contributed by atoms with Crippen LogP contribution in [0.2, 0.25) is 0 Å². The molecular weight excluding hydrogens is 244 g/mol. The van der Waals surface area contributed by atoms with Crippen LogP contribution < -0.4 is 5.32 Å². The lowest BCUT2D eigenvalue weighted by atomic mass is 10.1. The number of hydrogen-bond acceptors (Lipinski definition) is 6. The van der Waals surface area contributed by atoms with Crippen molar-refractivity contribution >= 4 is 28.0 Å². The van der Waals surface area contributed by atoms with E-state index in [-0.39, 0.29) is 6.61 Å². The van der Waals surface area contributed by atoms with Crippen LogP contribution in [0.4, 0.5) is 5.82 Å². The van der Waals surface area contributed by atoms with Crippen LogP contribution in [0.15, 0.2) is 16.8 Å². The van der Waals surface area contributed by atoms with Crippen LogP contribution >= 0.6 is 0 Å². The Labute approximate surface area is 109 Å². The second-order valence-electron chi connectivity index (χ2n) is 4.41. The summed E-state index contributed by atoms with van der Waals surface area (Å²) in [6, 6.07) is 2.00. The molecule has 3 rings (SSSR count). The Balaban J connectivity index is 2.30. The molecule has 0 atom stereocenters. The maximum absolute atomic E-state index is 8.87. The molecule has 6 nitrogen and oxygen atoms in total. The third kappa shape index (κ3) is 1.90. The van der Waals surface area contributed by atoms with Crippen molar-refractivity contribution in [1.82, 2.24) is 15.0 Å². The van der Waals surface area contributed by atoms with E-state index in [2.05, 4.69) is 20.3 Å². The van der Waals surface area contributed by atoms with Gasteiger partial charge in [-0.25, -0.2) is 15.0 Å². The number of nitrogens with one attached hydrogen (secondary N) is 1. The first-order valence-electron chi connectivity index (χ1n) is 6.07. The molecule has 2 N–H and O–H groups in total. The largest absolute Gasteiger partial charge is 0.432 e. The van der Waals surface area contributed by atoms with Gasteiger partial charge in [-0.1, -0.05) is 0 Å². The molecule has 3 heterocycles. The fourth-order valence-electron chi connectivity index (χ4n) is 2.21. The summed E-state index contributed by atoms with van der Waals surface area (Å²) < 4.78 is 5.76. The van der Waals surface area contributed by atoms with Crippen molar-refractivity contribution in [3.05, 3.63) is 23.7 Å². The minimum absolute atomic E-state index is 0.0299. The molecule has 3 aromatic rings. The number of aliphatic hydroxyl groups excluding tert-OH is 1. The van der Waals surface area contributed by atoms with Crippen LogP contribution in [0.25, 0.3) is 22.2 Å². The van der Waals surface area contributed by atoms with Gasteiger partial charge in [0.15, 0.2) is 11.4 Å². The van der Waals surface area contributed by atoms with Crippen molar-refractivity contribution in [2.45, 2.75) is 13.8 Å². The van der Waals surface area contributed by atoms with Crippen molar-refractivity contribution in [2.75, 3.05) is 18.5 Å².